The van der Waals surface area contributed by atoms with Gasteiger partial charge < -0.3 is 16.2 Å². The van der Waals surface area contributed by atoms with Crippen LogP contribution in [0.3, 0.4) is 0 Å². The standard InChI is InChI=1S/C18H17N3O3S/c1-9-6-10(2)21-17-13(9)14(19)15(25-17)18(23)24-8-11-4-3-5-12(7-11)16(20)22/h3-7H,8,19H2,1-2H3,(H2,20,22). The first-order valence-electron chi connectivity index (χ1n) is 7.59. The number of hydrogen-bond acceptors (Lipinski definition) is 6. The van der Waals surface area contributed by atoms with E-state index in [9.17, 15) is 9.59 Å². The van der Waals surface area contributed by atoms with Gasteiger partial charge in [0.2, 0.25) is 5.91 Å². The molecule has 1 amide bonds. The highest BCUT2D eigenvalue weighted by atomic mass is 32.1. The third-order valence-corrected chi connectivity index (χ3v) is 4.87. The average molecular weight is 355 g/mol. The average Bonchev–Trinajstić information content (AvgIpc) is 2.89. The van der Waals surface area contributed by atoms with E-state index in [1.807, 2.05) is 19.9 Å². The lowest BCUT2D eigenvalue weighted by molar-refractivity contribution is 0.0480. The quantitative estimate of drug-likeness (QED) is 0.700. The first-order chi connectivity index (χ1) is 11.9. The molecule has 7 heteroatoms. The zero-order valence-electron chi connectivity index (χ0n) is 13.8. The highest BCUT2D eigenvalue weighted by Crippen LogP contribution is 2.35. The molecule has 0 spiro atoms. The Hall–Kier alpha value is -2.93. The van der Waals surface area contributed by atoms with Crippen LogP contribution >= 0.6 is 11.3 Å². The maximum Gasteiger partial charge on any atom is 0.350 e. The summed E-state index contributed by atoms with van der Waals surface area (Å²) in [7, 11) is 0. The molecule has 128 valence electrons. The molecule has 3 aromatic rings. The minimum atomic E-state index is -0.529. The molecule has 1 aromatic carbocycles. The number of carbonyl (C=O) groups excluding carboxylic acids is 2. The number of aromatic nitrogens is 1. The minimum Gasteiger partial charge on any atom is -0.457 e. The molecule has 0 saturated heterocycles. The summed E-state index contributed by atoms with van der Waals surface area (Å²) in [5.74, 6) is -1.04. The number of pyridine rings is 1. The van der Waals surface area contributed by atoms with E-state index in [4.69, 9.17) is 16.2 Å². The lowest BCUT2D eigenvalue weighted by Crippen LogP contribution is -2.11. The Kier molecular flexibility index (Phi) is 4.41. The van der Waals surface area contributed by atoms with Gasteiger partial charge in [0.05, 0.1) is 5.69 Å². The van der Waals surface area contributed by atoms with Crippen molar-refractivity contribution in [1.29, 1.82) is 0 Å². The number of esters is 1. The van der Waals surface area contributed by atoms with Crippen molar-refractivity contribution in [1.82, 2.24) is 4.98 Å². The van der Waals surface area contributed by atoms with Crippen molar-refractivity contribution in [3.05, 3.63) is 57.6 Å². The number of hydrogen-bond donors (Lipinski definition) is 2. The maximum absolute atomic E-state index is 12.4. The lowest BCUT2D eigenvalue weighted by atomic mass is 10.1. The van der Waals surface area contributed by atoms with E-state index in [2.05, 4.69) is 4.98 Å². The van der Waals surface area contributed by atoms with Gasteiger partial charge in [-0.25, -0.2) is 9.78 Å². The van der Waals surface area contributed by atoms with Crippen LogP contribution in [-0.2, 0) is 11.3 Å². The number of aryl methyl sites for hydroxylation is 2. The molecule has 0 radical (unpaired) electrons. The molecule has 25 heavy (non-hydrogen) atoms. The number of rotatable bonds is 4. The summed E-state index contributed by atoms with van der Waals surface area (Å²) in [6, 6.07) is 8.57. The van der Waals surface area contributed by atoms with Crippen molar-refractivity contribution in [3.63, 3.8) is 0 Å². The molecule has 0 bridgehead atoms. The van der Waals surface area contributed by atoms with E-state index in [1.54, 1.807) is 24.3 Å². The topological polar surface area (TPSA) is 108 Å². The van der Waals surface area contributed by atoms with Gasteiger partial charge in [0.25, 0.3) is 0 Å². The summed E-state index contributed by atoms with van der Waals surface area (Å²) in [6.45, 7) is 3.86. The second-order valence-electron chi connectivity index (χ2n) is 5.75. The normalized spacial score (nSPS) is 10.8. The highest BCUT2D eigenvalue weighted by molar-refractivity contribution is 7.21. The zero-order chi connectivity index (χ0) is 18.1. The van der Waals surface area contributed by atoms with Gasteiger partial charge >= 0.3 is 5.97 Å². The Balaban J connectivity index is 1.83. The van der Waals surface area contributed by atoms with E-state index >= 15 is 0 Å². The Labute approximate surface area is 148 Å². The number of thiophene rings is 1. The summed E-state index contributed by atoms with van der Waals surface area (Å²) >= 11 is 1.22. The van der Waals surface area contributed by atoms with Crippen LogP contribution in [0.15, 0.2) is 30.3 Å². The largest absolute Gasteiger partial charge is 0.457 e. The third-order valence-electron chi connectivity index (χ3n) is 3.79. The van der Waals surface area contributed by atoms with Crippen molar-refractivity contribution in [3.8, 4) is 0 Å². The molecule has 6 nitrogen and oxygen atoms in total. The van der Waals surface area contributed by atoms with Gasteiger partial charge in [0.1, 0.15) is 16.3 Å². The van der Waals surface area contributed by atoms with E-state index in [0.717, 1.165) is 21.5 Å². The molecule has 0 atom stereocenters. The summed E-state index contributed by atoms with van der Waals surface area (Å²) in [5.41, 5.74) is 14.7. The number of benzene rings is 1. The van der Waals surface area contributed by atoms with Crippen molar-refractivity contribution in [2.75, 3.05) is 5.73 Å². The van der Waals surface area contributed by atoms with E-state index in [-0.39, 0.29) is 6.61 Å². The van der Waals surface area contributed by atoms with Crippen LogP contribution in [-0.4, -0.2) is 16.9 Å². The third kappa shape index (κ3) is 3.32. The number of nitrogens with two attached hydrogens (primary N) is 2. The summed E-state index contributed by atoms with van der Waals surface area (Å²) in [5, 5.41) is 0.790. The Morgan fingerprint density at radius 3 is 2.72 bits per heavy atom. The summed E-state index contributed by atoms with van der Waals surface area (Å²) < 4.78 is 5.34. The molecule has 0 saturated carbocycles. The second kappa shape index (κ2) is 6.52. The van der Waals surface area contributed by atoms with E-state index in [0.29, 0.717) is 21.7 Å². The monoisotopic (exact) mass is 355 g/mol. The molecule has 4 N–H and O–H groups in total. The first-order valence-corrected chi connectivity index (χ1v) is 8.40. The van der Waals surface area contributed by atoms with Gasteiger partial charge in [0, 0.05) is 16.6 Å². The molecule has 2 heterocycles. The number of nitrogens with zero attached hydrogens (tertiary/aromatic N) is 1. The molecule has 0 aliphatic heterocycles. The van der Waals surface area contributed by atoms with Crippen LogP contribution in [0.4, 0.5) is 5.69 Å². The smallest absolute Gasteiger partial charge is 0.350 e. The lowest BCUT2D eigenvalue weighted by Gasteiger charge is -2.05. The van der Waals surface area contributed by atoms with Gasteiger partial charge in [-0.15, -0.1) is 11.3 Å². The van der Waals surface area contributed by atoms with Gasteiger partial charge in [-0.3, -0.25) is 4.79 Å². The molecular weight excluding hydrogens is 338 g/mol. The van der Waals surface area contributed by atoms with E-state index in [1.165, 1.54) is 11.3 Å². The molecule has 3 rings (SSSR count). The minimum absolute atomic E-state index is 0.0269. The number of carbonyl (C=O) groups is 2. The van der Waals surface area contributed by atoms with Crippen LogP contribution in [0, 0.1) is 13.8 Å². The van der Waals surface area contributed by atoms with Gasteiger partial charge in [0.15, 0.2) is 0 Å². The van der Waals surface area contributed by atoms with Gasteiger partial charge in [-0.2, -0.15) is 0 Å². The molecule has 0 aliphatic carbocycles. The Morgan fingerprint density at radius 1 is 1.24 bits per heavy atom. The molecule has 0 fully saturated rings. The van der Waals surface area contributed by atoms with E-state index < -0.39 is 11.9 Å². The van der Waals surface area contributed by atoms with Crippen molar-refractivity contribution in [2.45, 2.75) is 20.5 Å². The van der Waals surface area contributed by atoms with Gasteiger partial charge in [-0.1, -0.05) is 12.1 Å². The SMILES string of the molecule is Cc1cc(C)c2c(N)c(C(=O)OCc3cccc(C(N)=O)c3)sc2n1. The van der Waals surface area contributed by atoms with Crippen LogP contribution in [0.5, 0.6) is 0 Å². The predicted octanol–water partition coefficient (Wildman–Crippen LogP) is 2.95. The number of anilines is 1. The second-order valence-corrected chi connectivity index (χ2v) is 6.75. The fourth-order valence-corrected chi connectivity index (χ4v) is 3.76. The number of primary amides is 1. The van der Waals surface area contributed by atoms with Crippen LogP contribution < -0.4 is 11.5 Å². The number of ether oxygens (including phenoxy) is 1. The molecule has 0 unspecified atom stereocenters. The fraction of sp³-hybridized carbons (Fsp3) is 0.167. The summed E-state index contributed by atoms with van der Waals surface area (Å²) in [4.78, 5) is 29.1. The first kappa shape index (κ1) is 16.9. The van der Waals surface area contributed by atoms with Gasteiger partial charge in [-0.05, 0) is 43.2 Å². The number of nitrogen functional groups attached to an aromatic ring is 1. The number of fused-ring (bicyclic) bond motifs is 1. The van der Waals surface area contributed by atoms with Crippen LogP contribution in [0.1, 0.15) is 36.9 Å². The Bertz CT molecular complexity index is 995. The van der Waals surface area contributed by atoms with Crippen molar-refractivity contribution in [2.24, 2.45) is 5.73 Å². The van der Waals surface area contributed by atoms with Crippen molar-refractivity contribution >= 4 is 39.1 Å². The molecule has 2 aromatic heterocycles. The summed E-state index contributed by atoms with van der Waals surface area (Å²) in [6.07, 6.45) is 0. The molecular formula is C18H17N3O3S. The number of amides is 1. The predicted molar refractivity (Wildman–Crippen MR) is 97.6 cm³/mol. The zero-order valence-corrected chi connectivity index (χ0v) is 14.6. The Morgan fingerprint density at radius 2 is 2.00 bits per heavy atom. The maximum atomic E-state index is 12.4. The van der Waals surface area contributed by atoms with Crippen LogP contribution in [0.25, 0.3) is 10.2 Å². The fourth-order valence-electron chi connectivity index (χ4n) is 2.65. The van der Waals surface area contributed by atoms with Crippen molar-refractivity contribution < 1.29 is 14.3 Å². The van der Waals surface area contributed by atoms with Crippen LogP contribution in [0.2, 0.25) is 0 Å². The highest BCUT2D eigenvalue weighted by Gasteiger charge is 2.20. The molecule has 0 aliphatic rings.